The van der Waals surface area contributed by atoms with Crippen molar-refractivity contribution in [1.29, 1.82) is 0 Å². The van der Waals surface area contributed by atoms with E-state index in [1.165, 1.54) is 11.3 Å². The van der Waals surface area contributed by atoms with Gasteiger partial charge in [-0.15, -0.1) is 11.3 Å². The molecule has 0 aliphatic heterocycles. The lowest BCUT2D eigenvalue weighted by Crippen LogP contribution is -2.03. The molecule has 1 aromatic carbocycles. The van der Waals surface area contributed by atoms with Crippen LogP contribution < -0.4 is 0 Å². The fourth-order valence-corrected chi connectivity index (χ4v) is 3.44. The van der Waals surface area contributed by atoms with Crippen molar-refractivity contribution in [3.05, 3.63) is 22.7 Å². The van der Waals surface area contributed by atoms with Crippen LogP contribution in [0.5, 0.6) is 0 Å². The molecule has 2 rings (SSSR count). The van der Waals surface area contributed by atoms with E-state index in [0.717, 1.165) is 26.7 Å². The van der Waals surface area contributed by atoms with Crippen molar-refractivity contribution in [2.45, 2.75) is 17.2 Å². The van der Waals surface area contributed by atoms with E-state index in [1.54, 1.807) is 0 Å². The number of fused-ring (bicyclic) bond motifs is 1. The van der Waals surface area contributed by atoms with Crippen molar-refractivity contribution in [2.75, 3.05) is 0 Å². The highest BCUT2D eigenvalue weighted by atomic mass is 79.9. The smallest absolute Gasteiger partial charge is 0.318 e. The van der Waals surface area contributed by atoms with Gasteiger partial charge in [0.1, 0.15) is 12.0 Å². The summed E-state index contributed by atoms with van der Waals surface area (Å²) in [7, 11) is 0. The average molecular weight is 362 g/mol. The molecule has 0 spiro atoms. The molecule has 1 N–H and O–H groups in total. The maximum absolute atomic E-state index is 11.3. The van der Waals surface area contributed by atoms with Gasteiger partial charge in [-0.3, -0.25) is 9.59 Å². The zero-order valence-corrected chi connectivity index (χ0v) is 12.7. The molecular formula is C11H8BrNO4S2. The number of carbonyl (C=O) groups excluding carboxylic acids is 1. The molecule has 0 aliphatic carbocycles. The Morgan fingerprint density at radius 3 is 2.89 bits per heavy atom. The second-order valence-corrected chi connectivity index (χ2v) is 6.33. The summed E-state index contributed by atoms with van der Waals surface area (Å²) < 4.78 is 7.41. The number of thiazole rings is 1. The monoisotopic (exact) mass is 361 g/mol. The number of carboxylic acids is 1. The largest absolute Gasteiger partial charge is 0.481 e. The van der Waals surface area contributed by atoms with Gasteiger partial charge in [-0.1, -0.05) is 6.07 Å². The summed E-state index contributed by atoms with van der Waals surface area (Å²) in [5.74, 6) is -1.59. The Hall–Kier alpha value is -1.12. The molecule has 1 heterocycles. The molecular weight excluding hydrogens is 354 g/mol. The first-order valence-electron chi connectivity index (χ1n) is 5.20. The highest BCUT2D eigenvalue weighted by Gasteiger charge is 2.12. The van der Waals surface area contributed by atoms with Crippen LogP contribution in [0.1, 0.15) is 12.8 Å². The van der Waals surface area contributed by atoms with E-state index in [2.05, 4.69) is 20.9 Å². The first-order chi connectivity index (χ1) is 9.06. The lowest BCUT2D eigenvalue weighted by molar-refractivity contribution is -0.141. The third-order valence-corrected chi connectivity index (χ3v) is 4.88. The lowest BCUT2D eigenvalue weighted by atomic mass is 10.3. The van der Waals surface area contributed by atoms with Crippen LogP contribution in [0.4, 0.5) is 0 Å². The van der Waals surface area contributed by atoms with E-state index < -0.39 is 11.9 Å². The van der Waals surface area contributed by atoms with Gasteiger partial charge < -0.3 is 9.29 Å². The van der Waals surface area contributed by atoms with Gasteiger partial charge in [-0.25, -0.2) is 4.98 Å². The number of aliphatic carboxylic acids is 1. The maximum atomic E-state index is 11.3. The molecule has 0 atom stereocenters. The number of carboxylic acid groups (broad SMARTS) is 1. The second-order valence-electron chi connectivity index (χ2n) is 3.50. The maximum Gasteiger partial charge on any atom is 0.318 e. The Balaban J connectivity index is 1.96. The van der Waals surface area contributed by atoms with Gasteiger partial charge in [0.05, 0.1) is 23.1 Å². The molecule has 2 aromatic rings. The number of hydrogen-bond acceptors (Lipinski definition) is 6. The normalized spacial score (nSPS) is 10.6. The van der Waals surface area contributed by atoms with Gasteiger partial charge in [0, 0.05) is 4.47 Å². The Kier molecular flexibility index (Phi) is 4.78. The predicted molar refractivity (Wildman–Crippen MR) is 76.1 cm³/mol. The van der Waals surface area contributed by atoms with Crippen LogP contribution in [0.25, 0.3) is 10.2 Å². The number of carbonyl (C=O) groups is 2. The highest BCUT2D eigenvalue weighted by molar-refractivity contribution is 9.10. The highest BCUT2D eigenvalue weighted by Crippen LogP contribution is 2.34. The molecule has 1 aromatic heterocycles. The van der Waals surface area contributed by atoms with Gasteiger partial charge in [0.25, 0.3) is 0 Å². The van der Waals surface area contributed by atoms with Crippen LogP contribution in [-0.4, -0.2) is 22.0 Å². The zero-order chi connectivity index (χ0) is 13.8. The first-order valence-corrected chi connectivity index (χ1v) is 7.55. The molecule has 19 heavy (non-hydrogen) atoms. The first kappa shape index (κ1) is 14.3. The molecule has 0 fully saturated rings. The van der Waals surface area contributed by atoms with Crippen molar-refractivity contribution in [3.63, 3.8) is 0 Å². The third-order valence-electron chi connectivity index (χ3n) is 2.10. The standard InChI is InChI=1S/C11H8BrNO4S2/c12-6-2-1-3-7-10(6)18-11(13-7)19-17-9(16)5-4-8(14)15/h1-3H,4-5H2,(H,14,15). The summed E-state index contributed by atoms with van der Waals surface area (Å²) in [5.41, 5.74) is 0.823. The van der Waals surface area contributed by atoms with Gasteiger partial charge >= 0.3 is 11.9 Å². The SMILES string of the molecule is O=C(O)CCC(=O)OSc1nc2cccc(Br)c2s1. The molecule has 0 amide bonds. The average Bonchev–Trinajstić information content (AvgIpc) is 2.78. The van der Waals surface area contributed by atoms with E-state index in [1.807, 2.05) is 18.2 Å². The Morgan fingerprint density at radius 2 is 2.21 bits per heavy atom. The third kappa shape index (κ3) is 3.92. The Bertz CT molecular complexity index is 628. The van der Waals surface area contributed by atoms with Gasteiger partial charge in [-0.2, -0.15) is 0 Å². The Morgan fingerprint density at radius 1 is 1.42 bits per heavy atom. The molecule has 0 unspecified atom stereocenters. The summed E-state index contributed by atoms with van der Waals surface area (Å²) in [5, 5.41) is 8.44. The van der Waals surface area contributed by atoms with Crippen molar-refractivity contribution < 1.29 is 18.9 Å². The van der Waals surface area contributed by atoms with Crippen molar-refractivity contribution in [3.8, 4) is 0 Å². The summed E-state index contributed by atoms with van der Waals surface area (Å²) in [6.45, 7) is 0. The quantitative estimate of drug-likeness (QED) is 0.821. The molecule has 8 heteroatoms. The molecule has 0 saturated carbocycles. The van der Waals surface area contributed by atoms with Crippen LogP contribution >= 0.6 is 39.3 Å². The van der Waals surface area contributed by atoms with E-state index >= 15 is 0 Å². The van der Waals surface area contributed by atoms with E-state index in [-0.39, 0.29) is 12.8 Å². The van der Waals surface area contributed by atoms with Crippen LogP contribution in [0.2, 0.25) is 0 Å². The minimum atomic E-state index is -1.02. The summed E-state index contributed by atoms with van der Waals surface area (Å²) in [6, 6.07) is 5.65. The van der Waals surface area contributed by atoms with Gasteiger partial charge in [0.2, 0.25) is 0 Å². The minimum absolute atomic E-state index is 0.142. The van der Waals surface area contributed by atoms with Crippen LogP contribution in [0, 0.1) is 0 Å². The number of hydrogen-bond donors (Lipinski definition) is 1. The predicted octanol–water partition coefficient (Wildman–Crippen LogP) is 3.47. The minimum Gasteiger partial charge on any atom is -0.481 e. The van der Waals surface area contributed by atoms with Crippen LogP contribution in [0.15, 0.2) is 27.0 Å². The topological polar surface area (TPSA) is 76.5 Å². The number of nitrogens with zero attached hydrogens (tertiary/aromatic N) is 1. The summed E-state index contributed by atoms with van der Waals surface area (Å²) >= 11 is 5.68. The molecule has 100 valence electrons. The lowest BCUT2D eigenvalue weighted by Gasteiger charge is -1.97. The molecule has 0 bridgehead atoms. The van der Waals surface area contributed by atoms with Crippen molar-refractivity contribution in [2.24, 2.45) is 0 Å². The van der Waals surface area contributed by atoms with Crippen molar-refractivity contribution in [1.82, 2.24) is 4.98 Å². The summed E-state index contributed by atoms with van der Waals surface area (Å²) in [4.78, 5) is 25.9. The molecule has 5 nitrogen and oxygen atoms in total. The molecule has 0 saturated heterocycles. The second kappa shape index (κ2) is 6.36. The fourth-order valence-electron chi connectivity index (χ4n) is 1.26. The zero-order valence-electron chi connectivity index (χ0n) is 9.46. The number of benzene rings is 1. The number of aromatic nitrogens is 1. The van der Waals surface area contributed by atoms with Crippen LogP contribution in [-0.2, 0) is 13.8 Å². The molecule has 0 radical (unpaired) electrons. The fraction of sp³-hybridized carbons (Fsp3) is 0.182. The van der Waals surface area contributed by atoms with Gasteiger partial charge in [-0.05, 0) is 28.1 Å². The van der Waals surface area contributed by atoms with Crippen LogP contribution in [0.3, 0.4) is 0 Å². The Labute approximate surface area is 125 Å². The molecule has 0 aliphatic rings. The number of halogens is 1. The van der Waals surface area contributed by atoms with Crippen molar-refractivity contribution >= 4 is 61.5 Å². The number of rotatable bonds is 5. The van der Waals surface area contributed by atoms with E-state index in [9.17, 15) is 9.59 Å². The van der Waals surface area contributed by atoms with Gasteiger partial charge in [0.15, 0.2) is 4.34 Å². The van der Waals surface area contributed by atoms with E-state index in [4.69, 9.17) is 9.29 Å². The van der Waals surface area contributed by atoms with E-state index in [0.29, 0.717) is 4.34 Å². The summed E-state index contributed by atoms with van der Waals surface area (Å²) in [6.07, 6.45) is -0.373.